The van der Waals surface area contributed by atoms with Gasteiger partial charge >= 0.3 is 0 Å². The van der Waals surface area contributed by atoms with Crippen molar-refractivity contribution in [2.45, 2.75) is 26.1 Å². The molecule has 24 heavy (non-hydrogen) atoms. The summed E-state index contributed by atoms with van der Waals surface area (Å²) in [7, 11) is 0. The molecule has 2 aromatic rings. The molecular formula is C18H19FN2O3. The van der Waals surface area contributed by atoms with E-state index in [0.29, 0.717) is 16.9 Å². The van der Waals surface area contributed by atoms with Crippen LogP contribution in [0.25, 0.3) is 0 Å². The number of hydrogen-bond donors (Lipinski definition) is 2. The van der Waals surface area contributed by atoms with Crippen LogP contribution in [0.2, 0.25) is 0 Å². The predicted molar refractivity (Wildman–Crippen MR) is 89.2 cm³/mol. The van der Waals surface area contributed by atoms with E-state index >= 15 is 0 Å². The molecule has 5 nitrogen and oxygen atoms in total. The molecule has 1 amide bonds. The first-order valence-corrected chi connectivity index (χ1v) is 7.38. The Morgan fingerprint density at radius 3 is 2.75 bits per heavy atom. The SMILES string of the molecule is CC(C)(O)C(=O)NN=Cc1ccccc1OCc1cccc(F)c1. The summed E-state index contributed by atoms with van der Waals surface area (Å²) >= 11 is 0. The van der Waals surface area contributed by atoms with E-state index in [1.807, 2.05) is 0 Å². The largest absolute Gasteiger partial charge is 0.488 e. The maximum atomic E-state index is 13.2. The molecule has 126 valence electrons. The summed E-state index contributed by atoms with van der Waals surface area (Å²) in [5.41, 5.74) is 2.09. The van der Waals surface area contributed by atoms with Crippen LogP contribution < -0.4 is 10.2 Å². The summed E-state index contributed by atoms with van der Waals surface area (Å²) in [5, 5.41) is 13.3. The molecule has 6 heteroatoms. The van der Waals surface area contributed by atoms with Crippen LogP contribution in [-0.2, 0) is 11.4 Å². The molecule has 2 N–H and O–H groups in total. The molecule has 0 saturated carbocycles. The number of carbonyl (C=O) groups is 1. The molecule has 0 bridgehead atoms. The highest BCUT2D eigenvalue weighted by molar-refractivity contribution is 5.87. The summed E-state index contributed by atoms with van der Waals surface area (Å²) in [6.07, 6.45) is 1.42. The summed E-state index contributed by atoms with van der Waals surface area (Å²) in [5.74, 6) is -0.389. The number of carbonyl (C=O) groups excluding carboxylic acids is 1. The Bertz CT molecular complexity index is 739. The van der Waals surface area contributed by atoms with Crippen LogP contribution in [0.1, 0.15) is 25.0 Å². The molecular weight excluding hydrogens is 311 g/mol. The van der Waals surface area contributed by atoms with E-state index in [4.69, 9.17) is 4.74 Å². The summed E-state index contributed by atoms with van der Waals surface area (Å²) in [6.45, 7) is 2.94. The van der Waals surface area contributed by atoms with E-state index in [1.165, 1.54) is 32.2 Å². The van der Waals surface area contributed by atoms with Gasteiger partial charge in [0.15, 0.2) is 0 Å². The lowest BCUT2D eigenvalue weighted by atomic mass is 10.1. The van der Waals surface area contributed by atoms with Gasteiger partial charge < -0.3 is 9.84 Å². The zero-order valence-corrected chi connectivity index (χ0v) is 13.5. The molecule has 0 unspecified atom stereocenters. The molecule has 0 heterocycles. The fraction of sp³-hybridized carbons (Fsp3) is 0.222. The topological polar surface area (TPSA) is 70.9 Å². The van der Waals surface area contributed by atoms with Crippen molar-refractivity contribution in [3.8, 4) is 5.75 Å². The summed E-state index contributed by atoms with van der Waals surface area (Å²) in [6, 6.07) is 13.3. The number of benzene rings is 2. The molecule has 2 rings (SSSR count). The Morgan fingerprint density at radius 1 is 1.29 bits per heavy atom. The van der Waals surface area contributed by atoms with Gasteiger partial charge in [0.25, 0.3) is 5.91 Å². The minimum absolute atomic E-state index is 0.207. The number of nitrogens with zero attached hydrogens (tertiary/aromatic N) is 1. The van der Waals surface area contributed by atoms with Gasteiger partial charge in [-0.2, -0.15) is 5.10 Å². The molecule has 0 aliphatic carbocycles. The first-order valence-electron chi connectivity index (χ1n) is 7.38. The fourth-order valence-electron chi connectivity index (χ4n) is 1.80. The van der Waals surface area contributed by atoms with Gasteiger partial charge in [0, 0.05) is 5.56 Å². The Kier molecular flexibility index (Phi) is 5.65. The lowest BCUT2D eigenvalue weighted by Crippen LogP contribution is -2.39. The van der Waals surface area contributed by atoms with Crippen LogP contribution >= 0.6 is 0 Å². The maximum Gasteiger partial charge on any atom is 0.271 e. The van der Waals surface area contributed by atoms with Gasteiger partial charge in [0.2, 0.25) is 0 Å². The third kappa shape index (κ3) is 5.17. The van der Waals surface area contributed by atoms with Gasteiger partial charge in [-0.25, -0.2) is 9.82 Å². The Balaban J connectivity index is 2.03. The van der Waals surface area contributed by atoms with Crippen LogP contribution in [-0.4, -0.2) is 22.8 Å². The van der Waals surface area contributed by atoms with E-state index in [-0.39, 0.29) is 12.4 Å². The number of rotatable bonds is 6. The van der Waals surface area contributed by atoms with Crippen molar-refractivity contribution in [3.05, 3.63) is 65.5 Å². The number of amides is 1. The third-order valence-electron chi connectivity index (χ3n) is 3.13. The van der Waals surface area contributed by atoms with E-state index in [2.05, 4.69) is 10.5 Å². The fourth-order valence-corrected chi connectivity index (χ4v) is 1.80. The Morgan fingerprint density at radius 2 is 2.04 bits per heavy atom. The number of ether oxygens (including phenoxy) is 1. The standard InChI is InChI=1S/C18H19FN2O3/c1-18(2,23)17(22)21-20-11-14-7-3-4-9-16(14)24-12-13-6-5-8-15(19)10-13/h3-11,23H,12H2,1-2H3,(H,21,22). The van der Waals surface area contributed by atoms with Gasteiger partial charge in [-0.3, -0.25) is 4.79 Å². The minimum atomic E-state index is -1.51. The number of aliphatic hydroxyl groups is 1. The molecule has 0 aromatic heterocycles. The highest BCUT2D eigenvalue weighted by Gasteiger charge is 2.22. The second-order valence-electron chi connectivity index (χ2n) is 5.71. The van der Waals surface area contributed by atoms with Crippen molar-refractivity contribution >= 4 is 12.1 Å². The van der Waals surface area contributed by atoms with Crippen LogP contribution in [0.5, 0.6) is 5.75 Å². The maximum absolute atomic E-state index is 13.2. The number of hydrogen-bond acceptors (Lipinski definition) is 4. The zero-order valence-electron chi connectivity index (χ0n) is 13.5. The average molecular weight is 330 g/mol. The van der Waals surface area contributed by atoms with Crippen molar-refractivity contribution < 1.29 is 19.0 Å². The van der Waals surface area contributed by atoms with E-state index < -0.39 is 11.5 Å². The lowest BCUT2D eigenvalue weighted by Gasteiger charge is -2.13. The van der Waals surface area contributed by atoms with Crippen molar-refractivity contribution in [1.82, 2.24) is 5.43 Å². The van der Waals surface area contributed by atoms with E-state index in [9.17, 15) is 14.3 Å². The highest BCUT2D eigenvalue weighted by Crippen LogP contribution is 2.18. The zero-order chi connectivity index (χ0) is 17.6. The van der Waals surface area contributed by atoms with Crippen LogP contribution in [0.3, 0.4) is 0 Å². The number of halogens is 1. The van der Waals surface area contributed by atoms with Gasteiger partial charge in [-0.05, 0) is 43.7 Å². The molecule has 0 radical (unpaired) electrons. The quantitative estimate of drug-likeness (QED) is 0.632. The molecule has 0 aliphatic rings. The van der Waals surface area contributed by atoms with Crippen molar-refractivity contribution in [2.75, 3.05) is 0 Å². The number of hydrazone groups is 1. The first kappa shape index (κ1) is 17.6. The van der Waals surface area contributed by atoms with Gasteiger partial charge in [-0.1, -0.05) is 24.3 Å². The van der Waals surface area contributed by atoms with Gasteiger partial charge in [0.1, 0.15) is 23.8 Å². The minimum Gasteiger partial charge on any atom is -0.488 e. The molecule has 2 aromatic carbocycles. The highest BCUT2D eigenvalue weighted by atomic mass is 19.1. The molecule has 0 atom stereocenters. The smallest absolute Gasteiger partial charge is 0.271 e. The second kappa shape index (κ2) is 7.70. The van der Waals surface area contributed by atoms with Crippen LogP contribution in [0, 0.1) is 5.82 Å². The lowest BCUT2D eigenvalue weighted by molar-refractivity contribution is -0.136. The normalized spacial score (nSPS) is 11.5. The van der Waals surface area contributed by atoms with Gasteiger partial charge in [0.05, 0.1) is 6.21 Å². The van der Waals surface area contributed by atoms with E-state index in [0.717, 1.165) is 0 Å². The van der Waals surface area contributed by atoms with Crippen LogP contribution in [0.15, 0.2) is 53.6 Å². The Hall–Kier alpha value is -2.73. The van der Waals surface area contributed by atoms with Crippen molar-refractivity contribution in [2.24, 2.45) is 5.10 Å². The Labute approximate surface area is 139 Å². The second-order valence-corrected chi connectivity index (χ2v) is 5.71. The molecule has 0 saturated heterocycles. The van der Waals surface area contributed by atoms with E-state index in [1.54, 1.807) is 36.4 Å². The number of nitrogens with one attached hydrogen (secondary N) is 1. The van der Waals surface area contributed by atoms with Crippen molar-refractivity contribution in [3.63, 3.8) is 0 Å². The van der Waals surface area contributed by atoms with Crippen molar-refractivity contribution in [1.29, 1.82) is 0 Å². The third-order valence-corrected chi connectivity index (χ3v) is 3.13. The summed E-state index contributed by atoms with van der Waals surface area (Å²) < 4.78 is 18.9. The predicted octanol–water partition coefficient (Wildman–Crippen LogP) is 2.63. The molecule has 0 fully saturated rings. The number of para-hydroxylation sites is 1. The van der Waals surface area contributed by atoms with Crippen LogP contribution in [0.4, 0.5) is 4.39 Å². The molecule has 0 spiro atoms. The first-order chi connectivity index (χ1) is 11.4. The monoisotopic (exact) mass is 330 g/mol. The average Bonchev–Trinajstić information content (AvgIpc) is 2.53. The molecule has 0 aliphatic heterocycles. The summed E-state index contributed by atoms with van der Waals surface area (Å²) in [4.78, 5) is 11.5. The van der Waals surface area contributed by atoms with Gasteiger partial charge in [-0.15, -0.1) is 0 Å².